The van der Waals surface area contributed by atoms with Crippen LogP contribution in [0.1, 0.15) is 15.9 Å². The van der Waals surface area contributed by atoms with Gasteiger partial charge in [-0.1, -0.05) is 30.3 Å². The van der Waals surface area contributed by atoms with Gasteiger partial charge < -0.3 is 5.32 Å². The molecule has 0 aliphatic carbocycles. The number of halogens is 1. The smallest absolute Gasteiger partial charge is 0.257 e. The van der Waals surface area contributed by atoms with Gasteiger partial charge in [0.25, 0.3) is 5.91 Å². The Morgan fingerprint density at radius 1 is 1.39 bits per heavy atom. The summed E-state index contributed by atoms with van der Waals surface area (Å²) in [4.78, 5) is 11.7. The van der Waals surface area contributed by atoms with E-state index in [9.17, 15) is 9.18 Å². The fourth-order valence-electron chi connectivity index (χ4n) is 1.67. The fraction of sp³-hybridized carbons (Fsp3) is 0.231. The van der Waals surface area contributed by atoms with Crippen molar-refractivity contribution < 1.29 is 9.18 Å². The first-order valence-electron chi connectivity index (χ1n) is 5.68. The number of benzene rings is 1. The molecule has 0 aliphatic rings. The SMILES string of the molecule is Cn1cc(C(=O)NCCc2ccccc2)c(F)n1. The second kappa shape index (κ2) is 5.44. The summed E-state index contributed by atoms with van der Waals surface area (Å²) in [5.41, 5.74) is 1.11. The highest BCUT2D eigenvalue weighted by Gasteiger charge is 2.14. The minimum absolute atomic E-state index is 0.0226. The van der Waals surface area contributed by atoms with Gasteiger partial charge in [0.15, 0.2) is 0 Å². The predicted octanol–water partition coefficient (Wildman–Crippen LogP) is 1.53. The number of carbonyl (C=O) groups is 1. The van der Waals surface area contributed by atoms with Gasteiger partial charge in [-0.2, -0.15) is 4.39 Å². The summed E-state index contributed by atoms with van der Waals surface area (Å²) in [5.74, 6) is -1.17. The van der Waals surface area contributed by atoms with Crippen molar-refractivity contribution in [1.29, 1.82) is 0 Å². The molecule has 1 aromatic carbocycles. The number of rotatable bonds is 4. The van der Waals surface area contributed by atoms with Gasteiger partial charge in [-0.25, -0.2) is 0 Å². The summed E-state index contributed by atoms with van der Waals surface area (Å²) in [6.07, 6.45) is 2.08. The minimum Gasteiger partial charge on any atom is -0.352 e. The predicted molar refractivity (Wildman–Crippen MR) is 65.6 cm³/mol. The van der Waals surface area contributed by atoms with E-state index in [1.165, 1.54) is 10.9 Å². The monoisotopic (exact) mass is 247 g/mol. The summed E-state index contributed by atoms with van der Waals surface area (Å²) >= 11 is 0. The molecule has 0 aliphatic heterocycles. The lowest BCUT2D eigenvalue weighted by molar-refractivity contribution is 0.0950. The van der Waals surface area contributed by atoms with Crippen molar-refractivity contribution in [3.05, 3.63) is 53.6 Å². The van der Waals surface area contributed by atoms with E-state index in [-0.39, 0.29) is 5.56 Å². The molecule has 0 saturated carbocycles. The van der Waals surface area contributed by atoms with Crippen LogP contribution in [0.15, 0.2) is 36.5 Å². The van der Waals surface area contributed by atoms with Crippen molar-refractivity contribution in [2.24, 2.45) is 7.05 Å². The van der Waals surface area contributed by atoms with Gasteiger partial charge in [0.1, 0.15) is 5.56 Å². The normalized spacial score (nSPS) is 10.3. The summed E-state index contributed by atoms with van der Waals surface area (Å²) < 4.78 is 14.5. The molecular formula is C13H14FN3O. The number of aryl methyl sites for hydroxylation is 1. The number of hydrogen-bond acceptors (Lipinski definition) is 2. The Kier molecular flexibility index (Phi) is 3.72. The lowest BCUT2D eigenvalue weighted by Crippen LogP contribution is -2.26. The molecular weight excluding hydrogens is 233 g/mol. The van der Waals surface area contributed by atoms with E-state index >= 15 is 0 Å². The Balaban J connectivity index is 1.87. The van der Waals surface area contributed by atoms with Gasteiger partial charge >= 0.3 is 0 Å². The summed E-state index contributed by atoms with van der Waals surface area (Å²) in [5, 5.41) is 6.16. The van der Waals surface area contributed by atoms with Crippen LogP contribution in [0.3, 0.4) is 0 Å². The number of hydrogen-bond donors (Lipinski definition) is 1. The standard InChI is InChI=1S/C13H14FN3O/c1-17-9-11(12(14)16-17)13(18)15-8-7-10-5-3-2-4-6-10/h2-6,9H,7-8H2,1H3,(H,15,18). The molecule has 2 aromatic rings. The minimum atomic E-state index is -0.741. The Bertz CT molecular complexity index is 536. The first-order valence-corrected chi connectivity index (χ1v) is 5.68. The molecule has 0 atom stereocenters. The van der Waals surface area contributed by atoms with Crippen molar-refractivity contribution in [2.45, 2.75) is 6.42 Å². The molecule has 94 valence electrons. The molecule has 5 heteroatoms. The van der Waals surface area contributed by atoms with Gasteiger partial charge in [-0.15, -0.1) is 5.10 Å². The largest absolute Gasteiger partial charge is 0.352 e. The van der Waals surface area contributed by atoms with Gasteiger partial charge in [0, 0.05) is 19.8 Å². The third kappa shape index (κ3) is 2.94. The number of nitrogens with zero attached hydrogens (tertiary/aromatic N) is 2. The van der Waals surface area contributed by atoms with Gasteiger partial charge in [0.2, 0.25) is 5.95 Å². The summed E-state index contributed by atoms with van der Waals surface area (Å²) in [6.45, 7) is 0.469. The van der Waals surface area contributed by atoms with Gasteiger partial charge in [-0.05, 0) is 12.0 Å². The lowest BCUT2D eigenvalue weighted by atomic mass is 10.1. The molecule has 0 spiro atoms. The second-order valence-electron chi connectivity index (χ2n) is 4.00. The Labute approximate surface area is 104 Å². The first-order chi connectivity index (χ1) is 8.66. The van der Waals surface area contributed by atoms with Gasteiger partial charge in [0.05, 0.1) is 0 Å². The highest BCUT2D eigenvalue weighted by molar-refractivity contribution is 5.93. The van der Waals surface area contributed by atoms with E-state index in [4.69, 9.17) is 0 Å². The number of carbonyl (C=O) groups excluding carboxylic acids is 1. The van der Waals surface area contributed by atoms with E-state index in [1.807, 2.05) is 30.3 Å². The Morgan fingerprint density at radius 3 is 2.72 bits per heavy atom. The number of aromatic nitrogens is 2. The van der Waals surface area contributed by atoms with E-state index in [2.05, 4.69) is 10.4 Å². The molecule has 2 rings (SSSR count). The molecule has 1 N–H and O–H groups in total. The highest BCUT2D eigenvalue weighted by Crippen LogP contribution is 2.04. The zero-order valence-corrected chi connectivity index (χ0v) is 10.1. The fourth-order valence-corrected chi connectivity index (χ4v) is 1.67. The Morgan fingerprint density at radius 2 is 2.11 bits per heavy atom. The average Bonchev–Trinajstić information content (AvgIpc) is 2.70. The molecule has 0 fully saturated rings. The molecule has 0 bridgehead atoms. The van der Waals surface area contributed by atoms with Crippen molar-refractivity contribution in [3.8, 4) is 0 Å². The van der Waals surface area contributed by atoms with Crippen molar-refractivity contribution in [2.75, 3.05) is 6.54 Å². The molecule has 4 nitrogen and oxygen atoms in total. The van der Waals surface area contributed by atoms with Crippen molar-refractivity contribution >= 4 is 5.91 Å². The van der Waals surface area contributed by atoms with Gasteiger partial charge in [-0.3, -0.25) is 9.48 Å². The van der Waals surface area contributed by atoms with E-state index < -0.39 is 11.9 Å². The third-order valence-corrected chi connectivity index (χ3v) is 2.57. The molecule has 1 aromatic heterocycles. The van der Waals surface area contributed by atoms with Crippen LogP contribution in [0.5, 0.6) is 0 Å². The van der Waals surface area contributed by atoms with Crippen LogP contribution in [-0.4, -0.2) is 22.2 Å². The molecule has 0 unspecified atom stereocenters. The molecule has 1 amide bonds. The van der Waals surface area contributed by atoms with Crippen molar-refractivity contribution in [3.63, 3.8) is 0 Å². The summed E-state index contributed by atoms with van der Waals surface area (Å²) in [6, 6.07) is 9.79. The van der Waals surface area contributed by atoms with Crippen molar-refractivity contribution in [1.82, 2.24) is 15.1 Å². The first kappa shape index (κ1) is 12.3. The number of nitrogens with one attached hydrogen (secondary N) is 1. The zero-order chi connectivity index (χ0) is 13.0. The van der Waals surface area contributed by atoms with Crippen LogP contribution in [0.4, 0.5) is 4.39 Å². The van der Waals surface area contributed by atoms with Crippen LogP contribution in [0.2, 0.25) is 0 Å². The molecule has 0 radical (unpaired) electrons. The maximum Gasteiger partial charge on any atom is 0.257 e. The lowest BCUT2D eigenvalue weighted by Gasteiger charge is -2.03. The number of amides is 1. The second-order valence-corrected chi connectivity index (χ2v) is 4.00. The quantitative estimate of drug-likeness (QED) is 0.890. The van der Waals surface area contributed by atoms with E-state index in [0.29, 0.717) is 13.0 Å². The zero-order valence-electron chi connectivity index (χ0n) is 10.1. The molecule has 18 heavy (non-hydrogen) atoms. The topological polar surface area (TPSA) is 46.9 Å². The molecule has 1 heterocycles. The van der Waals surface area contributed by atoms with Crippen LogP contribution in [0, 0.1) is 5.95 Å². The highest BCUT2D eigenvalue weighted by atomic mass is 19.1. The maximum atomic E-state index is 13.2. The van der Waals surface area contributed by atoms with Crippen LogP contribution < -0.4 is 5.32 Å². The van der Waals surface area contributed by atoms with Crippen LogP contribution >= 0.6 is 0 Å². The summed E-state index contributed by atoms with van der Waals surface area (Å²) in [7, 11) is 1.57. The van der Waals surface area contributed by atoms with E-state index in [1.54, 1.807) is 7.05 Å². The van der Waals surface area contributed by atoms with E-state index in [0.717, 1.165) is 5.56 Å². The third-order valence-electron chi connectivity index (χ3n) is 2.57. The Hall–Kier alpha value is -2.17. The molecule has 0 saturated heterocycles. The maximum absolute atomic E-state index is 13.2. The average molecular weight is 247 g/mol. The van der Waals surface area contributed by atoms with Crippen LogP contribution in [0.25, 0.3) is 0 Å². The van der Waals surface area contributed by atoms with Crippen LogP contribution in [-0.2, 0) is 13.5 Å².